The lowest BCUT2D eigenvalue weighted by molar-refractivity contribution is 0.114. The Bertz CT molecular complexity index is 1400. The molecule has 0 saturated carbocycles. The van der Waals surface area contributed by atoms with Gasteiger partial charge >= 0.3 is 11.7 Å². The summed E-state index contributed by atoms with van der Waals surface area (Å²) in [6.45, 7) is 7.07. The Labute approximate surface area is 214 Å². The molecule has 3 aromatic rings. The van der Waals surface area contributed by atoms with Crippen LogP contribution in [0.4, 0.5) is 14.9 Å². The number of fused-ring (bicyclic) bond motifs is 3. The Morgan fingerprint density at radius 2 is 1.92 bits per heavy atom. The van der Waals surface area contributed by atoms with Gasteiger partial charge in [0.25, 0.3) is 0 Å². The zero-order chi connectivity index (χ0) is 26.2. The van der Waals surface area contributed by atoms with Crippen molar-refractivity contribution >= 4 is 28.8 Å². The summed E-state index contributed by atoms with van der Waals surface area (Å²) in [7, 11) is 0. The fraction of sp³-hybridized carbons (Fsp3) is 0.379. The average Bonchev–Trinajstić information content (AvgIpc) is 2.85. The molecule has 8 heteroatoms. The molecule has 7 nitrogen and oxygen atoms in total. The standard InChI is InChI=1S/C29H31FN2O5/c1-4-5-18-16-25(33)36-24-17-23(22-10-13-29(2,3)37-27(22)26(18)24)35-21-11-14-32(15-12-21)28(34)31-20-8-6-19(30)7-9-20/h6-10,13,16-17,21H,4-5,11-12,14-15H2,1-3H3,(H,31,34). The predicted octanol–water partition coefficient (Wildman–Crippen LogP) is 6.14. The van der Waals surface area contributed by atoms with Crippen molar-refractivity contribution in [1.82, 2.24) is 4.90 Å². The molecule has 1 fully saturated rings. The third-order valence-corrected chi connectivity index (χ3v) is 6.72. The third-order valence-electron chi connectivity index (χ3n) is 6.72. The van der Waals surface area contributed by atoms with Crippen LogP contribution in [0.3, 0.4) is 0 Å². The quantitative estimate of drug-likeness (QED) is 0.420. The first-order valence-corrected chi connectivity index (χ1v) is 12.7. The van der Waals surface area contributed by atoms with Gasteiger partial charge in [0.05, 0.1) is 10.9 Å². The number of hydrogen-bond acceptors (Lipinski definition) is 5. The summed E-state index contributed by atoms with van der Waals surface area (Å²) < 4.78 is 31.6. The summed E-state index contributed by atoms with van der Waals surface area (Å²) in [5.41, 5.74) is 1.82. The highest BCUT2D eigenvalue weighted by atomic mass is 19.1. The van der Waals surface area contributed by atoms with Gasteiger partial charge in [-0.15, -0.1) is 0 Å². The summed E-state index contributed by atoms with van der Waals surface area (Å²) in [4.78, 5) is 26.7. The van der Waals surface area contributed by atoms with Crippen molar-refractivity contribution in [3.8, 4) is 11.5 Å². The highest BCUT2D eigenvalue weighted by molar-refractivity contribution is 5.94. The minimum atomic E-state index is -0.513. The largest absolute Gasteiger partial charge is 0.489 e. The van der Waals surface area contributed by atoms with E-state index in [9.17, 15) is 14.0 Å². The second-order valence-electron chi connectivity index (χ2n) is 10.1. The Balaban J connectivity index is 1.36. The normalized spacial score (nSPS) is 16.8. The molecular formula is C29H31FN2O5. The van der Waals surface area contributed by atoms with Crippen LogP contribution in [0.15, 0.2) is 51.7 Å². The SMILES string of the molecule is CCCc1cc(=O)oc2cc(OC3CCN(C(=O)Nc4ccc(F)cc4)CC3)c3c(c12)OC(C)(C)C=C3. The molecule has 2 aromatic carbocycles. The van der Waals surface area contributed by atoms with E-state index in [0.717, 1.165) is 29.4 Å². The number of carbonyl (C=O) groups excluding carboxylic acids is 1. The van der Waals surface area contributed by atoms with E-state index < -0.39 is 11.2 Å². The van der Waals surface area contributed by atoms with E-state index in [0.29, 0.717) is 48.7 Å². The molecular weight excluding hydrogens is 475 g/mol. The van der Waals surface area contributed by atoms with Crippen molar-refractivity contribution in [3.63, 3.8) is 0 Å². The minimum Gasteiger partial charge on any atom is -0.489 e. The summed E-state index contributed by atoms with van der Waals surface area (Å²) in [6.07, 6.45) is 6.79. The molecule has 0 radical (unpaired) electrons. The zero-order valence-electron chi connectivity index (χ0n) is 21.3. The number of anilines is 1. The van der Waals surface area contributed by atoms with Gasteiger partial charge in [0.1, 0.15) is 34.6 Å². The molecule has 0 atom stereocenters. The van der Waals surface area contributed by atoms with Crippen LogP contribution in [-0.4, -0.2) is 35.7 Å². The lowest BCUT2D eigenvalue weighted by Gasteiger charge is -2.34. The highest BCUT2D eigenvalue weighted by Crippen LogP contribution is 2.44. The first-order valence-electron chi connectivity index (χ1n) is 12.7. The van der Waals surface area contributed by atoms with Crippen molar-refractivity contribution in [3.05, 3.63) is 69.8 Å². The fourth-order valence-corrected chi connectivity index (χ4v) is 4.87. The number of ether oxygens (including phenoxy) is 2. The Hall–Kier alpha value is -3.81. The van der Waals surface area contributed by atoms with Gasteiger partial charge in [0, 0.05) is 43.8 Å². The van der Waals surface area contributed by atoms with Gasteiger partial charge in [-0.3, -0.25) is 0 Å². The first-order chi connectivity index (χ1) is 17.7. The molecule has 5 rings (SSSR count). The van der Waals surface area contributed by atoms with E-state index in [1.807, 2.05) is 26.0 Å². The molecule has 1 N–H and O–H groups in total. The van der Waals surface area contributed by atoms with Crippen molar-refractivity contribution in [2.24, 2.45) is 0 Å². The number of nitrogens with zero attached hydrogens (tertiary/aromatic N) is 1. The predicted molar refractivity (Wildman–Crippen MR) is 141 cm³/mol. The molecule has 194 valence electrons. The molecule has 0 spiro atoms. The number of amides is 2. The Kier molecular flexibility index (Phi) is 6.67. The second kappa shape index (κ2) is 9.92. The van der Waals surface area contributed by atoms with Crippen LogP contribution >= 0.6 is 0 Å². The maximum absolute atomic E-state index is 13.1. The summed E-state index contributed by atoms with van der Waals surface area (Å²) in [6, 6.07) is 8.80. The first kappa shape index (κ1) is 24.9. The van der Waals surface area contributed by atoms with Gasteiger partial charge in [-0.25, -0.2) is 14.0 Å². The number of carbonyl (C=O) groups is 1. The van der Waals surface area contributed by atoms with Crippen LogP contribution in [0, 0.1) is 5.82 Å². The molecule has 1 saturated heterocycles. The van der Waals surface area contributed by atoms with E-state index in [2.05, 4.69) is 12.2 Å². The van der Waals surface area contributed by atoms with Crippen molar-refractivity contribution in [2.75, 3.05) is 18.4 Å². The van der Waals surface area contributed by atoms with Crippen LogP contribution in [0.2, 0.25) is 0 Å². The molecule has 2 aliphatic rings. The monoisotopic (exact) mass is 506 g/mol. The molecule has 2 amide bonds. The van der Waals surface area contributed by atoms with Crippen LogP contribution in [0.1, 0.15) is 51.2 Å². The second-order valence-corrected chi connectivity index (χ2v) is 10.1. The highest BCUT2D eigenvalue weighted by Gasteiger charge is 2.30. The molecule has 37 heavy (non-hydrogen) atoms. The molecule has 0 bridgehead atoms. The summed E-state index contributed by atoms with van der Waals surface area (Å²) >= 11 is 0. The number of piperidine rings is 1. The fourth-order valence-electron chi connectivity index (χ4n) is 4.87. The van der Waals surface area contributed by atoms with E-state index in [-0.39, 0.29) is 18.0 Å². The maximum atomic E-state index is 13.1. The lowest BCUT2D eigenvalue weighted by atomic mass is 9.96. The van der Waals surface area contributed by atoms with Gasteiger partial charge in [-0.2, -0.15) is 0 Å². The number of halogens is 1. The van der Waals surface area contributed by atoms with Gasteiger partial charge in [0.2, 0.25) is 0 Å². The number of aryl methyl sites for hydroxylation is 1. The van der Waals surface area contributed by atoms with E-state index >= 15 is 0 Å². The van der Waals surface area contributed by atoms with Crippen LogP contribution < -0.4 is 20.4 Å². The molecule has 1 aromatic heterocycles. The van der Waals surface area contributed by atoms with Crippen LogP contribution in [0.5, 0.6) is 11.5 Å². The van der Waals surface area contributed by atoms with Gasteiger partial charge in [-0.05, 0) is 62.2 Å². The Morgan fingerprint density at radius 1 is 1.19 bits per heavy atom. The van der Waals surface area contributed by atoms with Crippen LogP contribution in [-0.2, 0) is 6.42 Å². The molecule has 0 aliphatic carbocycles. The molecule has 2 aliphatic heterocycles. The van der Waals surface area contributed by atoms with Gasteiger partial charge in [-0.1, -0.05) is 13.3 Å². The van der Waals surface area contributed by atoms with Crippen molar-refractivity contribution < 1.29 is 23.1 Å². The van der Waals surface area contributed by atoms with Gasteiger partial charge < -0.3 is 24.1 Å². The van der Waals surface area contributed by atoms with Gasteiger partial charge in [0.15, 0.2) is 0 Å². The number of nitrogens with one attached hydrogen (secondary N) is 1. The molecule has 3 heterocycles. The molecule has 0 unspecified atom stereocenters. The van der Waals surface area contributed by atoms with Crippen molar-refractivity contribution in [2.45, 2.75) is 58.2 Å². The maximum Gasteiger partial charge on any atom is 0.336 e. The van der Waals surface area contributed by atoms with E-state index in [1.54, 1.807) is 17.0 Å². The number of benzene rings is 2. The number of rotatable bonds is 5. The number of hydrogen-bond donors (Lipinski definition) is 1. The summed E-state index contributed by atoms with van der Waals surface area (Å²) in [5.74, 6) is 0.917. The number of urea groups is 1. The zero-order valence-corrected chi connectivity index (χ0v) is 21.3. The summed E-state index contributed by atoms with van der Waals surface area (Å²) in [5, 5.41) is 3.62. The average molecular weight is 507 g/mol. The number of likely N-dealkylation sites (tertiary alicyclic amines) is 1. The smallest absolute Gasteiger partial charge is 0.336 e. The van der Waals surface area contributed by atoms with Crippen LogP contribution in [0.25, 0.3) is 17.0 Å². The lowest BCUT2D eigenvalue weighted by Crippen LogP contribution is -2.43. The Morgan fingerprint density at radius 3 is 2.62 bits per heavy atom. The third kappa shape index (κ3) is 5.33. The van der Waals surface area contributed by atoms with E-state index in [1.165, 1.54) is 24.3 Å². The minimum absolute atomic E-state index is 0.120. The van der Waals surface area contributed by atoms with Crippen molar-refractivity contribution in [1.29, 1.82) is 0 Å². The van der Waals surface area contributed by atoms with E-state index in [4.69, 9.17) is 13.9 Å². The topological polar surface area (TPSA) is 81.0 Å².